The first-order chi connectivity index (χ1) is 9.77. The first kappa shape index (κ1) is 15.8. The monoisotopic (exact) mass is 300 g/mol. The van der Waals surface area contributed by atoms with E-state index in [0.717, 1.165) is 12.6 Å². The maximum absolute atomic E-state index is 12.9. The fourth-order valence-corrected chi connectivity index (χ4v) is 2.62. The molecule has 2 atom stereocenters. The van der Waals surface area contributed by atoms with Crippen molar-refractivity contribution in [2.45, 2.75) is 38.9 Å². The Morgan fingerprint density at radius 2 is 2.10 bits per heavy atom. The maximum Gasteiger partial charge on any atom is 0.416 e. The molecule has 1 aromatic rings. The van der Waals surface area contributed by atoms with E-state index >= 15 is 0 Å². The second-order valence-electron chi connectivity index (χ2n) is 5.59. The topological polar surface area (TPSA) is 41.1 Å². The Morgan fingerprint density at radius 3 is 2.71 bits per heavy atom. The van der Waals surface area contributed by atoms with Crippen molar-refractivity contribution in [2.24, 2.45) is 5.92 Å². The smallest absolute Gasteiger partial charge is 0.326 e. The number of hydrogen-bond acceptors (Lipinski definition) is 2. The summed E-state index contributed by atoms with van der Waals surface area (Å²) in [5.41, 5.74) is -0.362. The molecular formula is C15H19F3N2O. The van der Waals surface area contributed by atoms with Gasteiger partial charge in [-0.15, -0.1) is 0 Å². The number of alkyl halides is 3. The SMILES string of the molecule is Cc1ccc(NC(=O)[C@H]2CCN[C@@H](C)C2)cc1C(F)(F)F. The number of rotatable bonds is 2. The van der Waals surface area contributed by atoms with E-state index in [-0.39, 0.29) is 29.1 Å². The fraction of sp³-hybridized carbons (Fsp3) is 0.533. The number of nitrogens with one attached hydrogen (secondary N) is 2. The Hall–Kier alpha value is -1.56. The third kappa shape index (κ3) is 3.97. The molecule has 1 aliphatic heterocycles. The maximum atomic E-state index is 12.9. The van der Waals surface area contributed by atoms with Gasteiger partial charge in [-0.3, -0.25) is 4.79 Å². The zero-order valence-electron chi connectivity index (χ0n) is 12.1. The third-order valence-corrected chi connectivity index (χ3v) is 3.80. The lowest BCUT2D eigenvalue weighted by atomic mass is 9.92. The molecule has 1 heterocycles. The van der Waals surface area contributed by atoms with Crippen LogP contribution in [0.3, 0.4) is 0 Å². The zero-order valence-corrected chi connectivity index (χ0v) is 12.1. The van der Waals surface area contributed by atoms with Gasteiger partial charge < -0.3 is 10.6 Å². The van der Waals surface area contributed by atoms with E-state index in [4.69, 9.17) is 0 Å². The fourth-order valence-electron chi connectivity index (χ4n) is 2.62. The Labute approximate surface area is 121 Å². The van der Waals surface area contributed by atoms with Crippen LogP contribution in [0.1, 0.15) is 30.9 Å². The van der Waals surface area contributed by atoms with Crippen LogP contribution in [0, 0.1) is 12.8 Å². The molecule has 0 saturated carbocycles. The van der Waals surface area contributed by atoms with Gasteiger partial charge in [-0.1, -0.05) is 6.07 Å². The molecule has 0 unspecified atom stereocenters. The van der Waals surface area contributed by atoms with Crippen LogP contribution in [0.25, 0.3) is 0 Å². The van der Waals surface area contributed by atoms with E-state index in [1.807, 2.05) is 6.92 Å². The zero-order chi connectivity index (χ0) is 15.6. The summed E-state index contributed by atoms with van der Waals surface area (Å²) >= 11 is 0. The Morgan fingerprint density at radius 1 is 1.38 bits per heavy atom. The molecule has 1 fully saturated rings. The van der Waals surface area contributed by atoms with Crippen LogP contribution >= 0.6 is 0 Å². The van der Waals surface area contributed by atoms with Gasteiger partial charge in [0.1, 0.15) is 0 Å². The van der Waals surface area contributed by atoms with Crippen LogP contribution in [0.2, 0.25) is 0 Å². The van der Waals surface area contributed by atoms with Crippen LogP contribution in [0.5, 0.6) is 0 Å². The highest BCUT2D eigenvalue weighted by molar-refractivity contribution is 5.92. The molecule has 116 valence electrons. The summed E-state index contributed by atoms with van der Waals surface area (Å²) in [4.78, 5) is 12.1. The molecule has 0 aliphatic carbocycles. The van der Waals surface area contributed by atoms with Crippen LogP contribution < -0.4 is 10.6 Å². The van der Waals surface area contributed by atoms with E-state index in [0.29, 0.717) is 12.8 Å². The van der Waals surface area contributed by atoms with Gasteiger partial charge in [0, 0.05) is 17.6 Å². The van der Waals surface area contributed by atoms with Crippen molar-refractivity contribution in [3.05, 3.63) is 29.3 Å². The van der Waals surface area contributed by atoms with Crippen molar-refractivity contribution in [3.63, 3.8) is 0 Å². The summed E-state index contributed by atoms with van der Waals surface area (Å²) in [6.07, 6.45) is -3.01. The van der Waals surface area contributed by atoms with E-state index in [9.17, 15) is 18.0 Å². The van der Waals surface area contributed by atoms with Crippen molar-refractivity contribution >= 4 is 11.6 Å². The highest BCUT2D eigenvalue weighted by Crippen LogP contribution is 2.33. The Kier molecular flexibility index (Phi) is 4.56. The number of piperidine rings is 1. The summed E-state index contributed by atoms with van der Waals surface area (Å²) in [6, 6.07) is 4.13. The Balaban J connectivity index is 2.11. The predicted octanol–water partition coefficient (Wildman–Crippen LogP) is 3.34. The summed E-state index contributed by atoms with van der Waals surface area (Å²) in [5, 5.41) is 5.84. The second-order valence-corrected chi connectivity index (χ2v) is 5.59. The normalized spacial score (nSPS) is 22.9. The van der Waals surface area contributed by atoms with Crippen molar-refractivity contribution in [1.29, 1.82) is 0 Å². The van der Waals surface area contributed by atoms with E-state index in [2.05, 4.69) is 10.6 Å². The van der Waals surface area contributed by atoms with Gasteiger partial charge in [-0.05, 0) is 50.9 Å². The van der Waals surface area contributed by atoms with Crippen molar-refractivity contribution in [2.75, 3.05) is 11.9 Å². The molecule has 6 heteroatoms. The van der Waals surface area contributed by atoms with Gasteiger partial charge in [0.15, 0.2) is 0 Å². The van der Waals surface area contributed by atoms with E-state index in [1.165, 1.54) is 19.1 Å². The van der Waals surface area contributed by atoms with E-state index in [1.54, 1.807) is 0 Å². The minimum Gasteiger partial charge on any atom is -0.326 e. The molecule has 3 nitrogen and oxygen atoms in total. The summed E-state index contributed by atoms with van der Waals surface area (Å²) in [7, 11) is 0. The van der Waals surface area contributed by atoms with Gasteiger partial charge in [-0.25, -0.2) is 0 Å². The number of benzene rings is 1. The number of halogens is 3. The number of hydrogen-bond donors (Lipinski definition) is 2. The lowest BCUT2D eigenvalue weighted by molar-refractivity contribution is -0.138. The van der Waals surface area contributed by atoms with Crippen molar-refractivity contribution in [3.8, 4) is 0 Å². The van der Waals surface area contributed by atoms with Gasteiger partial charge in [0.25, 0.3) is 0 Å². The highest BCUT2D eigenvalue weighted by Gasteiger charge is 2.33. The molecule has 1 aromatic carbocycles. The van der Waals surface area contributed by atoms with Crippen LogP contribution in [0.15, 0.2) is 18.2 Å². The van der Waals surface area contributed by atoms with Gasteiger partial charge >= 0.3 is 6.18 Å². The van der Waals surface area contributed by atoms with Gasteiger partial charge in [-0.2, -0.15) is 13.2 Å². The molecular weight excluding hydrogens is 281 g/mol. The molecule has 0 bridgehead atoms. The number of carbonyl (C=O) groups excluding carboxylic acids is 1. The van der Waals surface area contributed by atoms with Crippen LogP contribution in [0.4, 0.5) is 18.9 Å². The minimum atomic E-state index is -4.41. The number of carbonyl (C=O) groups is 1. The number of amides is 1. The molecule has 2 rings (SSSR count). The highest BCUT2D eigenvalue weighted by atomic mass is 19.4. The number of anilines is 1. The first-order valence-electron chi connectivity index (χ1n) is 6.99. The first-order valence-corrected chi connectivity index (χ1v) is 6.99. The average Bonchev–Trinajstić information content (AvgIpc) is 2.39. The second kappa shape index (κ2) is 6.05. The van der Waals surface area contributed by atoms with Crippen molar-refractivity contribution < 1.29 is 18.0 Å². The molecule has 21 heavy (non-hydrogen) atoms. The lowest BCUT2D eigenvalue weighted by Gasteiger charge is -2.27. The van der Waals surface area contributed by atoms with Gasteiger partial charge in [0.2, 0.25) is 5.91 Å². The quantitative estimate of drug-likeness (QED) is 0.879. The predicted molar refractivity (Wildman–Crippen MR) is 75.0 cm³/mol. The summed E-state index contributed by atoms with van der Waals surface area (Å²) in [6.45, 7) is 4.15. The van der Waals surface area contributed by atoms with Crippen LogP contribution in [-0.4, -0.2) is 18.5 Å². The molecule has 1 aliphatic rings. The minimum absolute atomic E-state index is 0.149. The average molecular weight is 300 g/mol. The lowest BCUT2D eigenvalue weighted by Crippen LogP contribution is -2.40. The molecule has 1 amide bonds. The van der Waals surface area contributed by atoms with Crippen LogP contribution in [-0.2, 0) is 11.0 Å². The molecule has 0 spiro atoms. The largest absolute Gasteiger partial charge is 0.416 e. The molecule has 0 aromatic heterocycles. The number of aryl methyl sites for hydroxylation is 1. The van der Waals surface area contributed by atoms with Crippen molar-refractivity contribution in [1.82, 2.24) is 5.32 Å². The Bertz CT molecular complexity index is 528. The van der Waals surface area contributed by atoms with E-state index < -0.39 is 11.7 Å². The summed E-state index contributed by atoms with van der Waals surface area (Å²) < 4.78 is 38.6. The summed E-state index contributed by atoms with van der Waals surface area (Å²) in [5.74, 6) is -0.364. The molecule has 0 radical (unpaired) electrons. The molecule has 2 N–H and O–H groups in total. The standard InChI is InChI=1S/C15H19F3N2O/c1-9-3-4-12(8-13(9)15(16,17)18)20-14(21)11-5-6-19-10(2)7-11/h3-4,8,10-11,19H,5-7H2,1-2H3,(H,20,21)/t10-,11-/m0/s1. The van der Waals surface area contributed by atoms with Gasteiger partial charge in [0.05, 0.1) is 5.56 Å². The third-order valence-electron chi connectivity index (χ3n) is 3.80. The molecule has 1 saturated heterocycles.